The van der Waals surface area contributed by atoms with Gasteiger partial charge in [0.15, 0.2) is 0 Å². The summed E-state index contributed by atoms with van der Waals surface area (Å²) in [7, 11) is -3.71. The largest absolute Gasteiger partial charge is 0.369 e. The number of benzene rings is 2. The first kappa shape index (κ1) is 19.8. The summed E-state index contributed by atoms with van der Waals surface area (Å²) in [6.07, 6.45) is -0.617. The molecule has 0 saturated carbocycles. The van der Waals surface area contributed by atoms with E-state index in [1.807, 2.05) is 6.07 Å². The summed E-state index contributed by atoms with van der Waals surface area (Å²) in [5.41, 5.74) is 6.93. The molecular formula is C20H18ClN3O4S. The minimum absolute atomic E-state index is 0.0779. The Morgan fingerprint density at radius 1 is 1.17 bits per heavy atom. The summed E-state index contributed by atoms with van der Waals surface area (Å²) in [4.78, 5) is 16.7. The molecule has 1 aromatic heterocycles. The normalized spacial score (nSPS) is 18.0. The minimum atomic E-state index is -3.71. The highest BCUT2D eigenvalue weighted by atomic mass is 35.5. The van der Waals surface area contributed by atoms with E-state index in [2.05, 4.69) is 4.98 Å². The van der Waals surface area contributed by atoms with Crippen LogP contribution in [0.25, 0.3) is 10.9 Å². The summed E-state index contributed by atoms with van der Waals surface area (Å²) in [6, 6.07) is 14.8. The van der Waals surface area contributed by atoms with Gasteiger partial charge in [-0.15, -0.1) is 0 Å². The molecule has 1 amide bonds. The Kier molecular flexibility index (Phi) is 5.26. The van der Waals surface area contributed by atoms with Crippen LogP contribution >= 0.6 is 11.6 Å². The molecule has 4 rings (SSSR count). The number of morpholine rings is 1. The number of rotatable bonds is 4. The maximum absolute atomic E-state index is 13.0. The van der Waals surface area contributed by atoms with Gasteiger partial charge in [-0.3, -0.25) is 4.79 Å². The number of aromatic nitrogens is 1. The molecule has 0 unspecified atom stereocenters. The predicted octanol–water partition coefficient (Wildman–Crippen LogP) is 2.75. The molecule has 0 aliphatic carbocycles. The summed E-state index contributed by atoms with van der Waals surface area (Å²) in [5.74, 6) is -0.577. The Morgan fingerprint density at radius 2 is 1.90 bits per heavy atom. The molecule has 3 aromatic rings. The molecule has 7 nitrogen and oxygen atoms in total. The molecule has 150 valence electrons. The van der Waals surface area contributed by atoms with Crippen LogP contribution in [0.15, 0.2) is 59.5 Å². The number of hydrogen-bond acceptors (Lipinski definition) is 5. The van der Waals surface area contributed by atoms with Gasteiger partial charge in [-0.2, -0.15) is 4.31 Å². The van der Waals surface area contributed by atoms with Crippen molar-refractivity contribution >= 4 is 38.4 Å². The third-order valence-corrected chi connectivity index (χ3v) is 6.94. The van der Waals surface area contributed by atoms with Gasteiger partial charge in [-0.1, -0.05) is 29.8 Å². The Morgan fingerprint density at radius 3 is 2.62 bits per heavy atom. The number of halogens is 1. The van der Waals surface area contributed by atoms with Crippen molar-refractivity contribution in [2.75, 3.05) is 19.7 Å². The van der Waals surface area contributed by atoms with Gasteiger partial charge in [0.25, 0.3) is 0 Å². The Hall–Kier alpha value is -2.52. The zero-order valence-electron chi connectivity index (χ0n) is 15.3. The third-order valence-electron chi connectivity index (χ3n) is 4.81. The van der Waals surface area contributed by atoms with Crippen LogP contribution in [-0.2, 0) is 14.8 Å². The lowest BCUT2D eigenvalue weighted by atomic mass is 10.0. The quantitative estimate of drug-likeness (QED) is 0.684. The first-order valence-electron chi connectivity index (χ1n) is 8.93. The van der Waals surface area contributed by atoms with Crippen molar-refractivity contribution in [3.8, 4) is 0 Å². The zero-order valence-corrected chi connectivity index (χ0v) is 16.9. The van der Waals surface area contributed by atoms with E-state index in [0.29, 0.717) is 27.2 Å². The second-order valence-electron chi connectivity index (χ2n) is 6.65. The molecule has 0 spiro atoms. The van der Waals surface area contributed by atoms with E-state index in [1.54, 1.807) is 24.3 Å². The van der Waals surface area contributed by atoms with Crippen molar-refractivity contribution in [2.45, 2.75) is 11.0 Å². The fourth-order valence-corrected chi connectivity index (χ4v) is 4.89. The van der Waals surface area contributed by atoms with Gasteiger partial charge < -0.3 is 10.5 Å². The van der Waals surface area contributed by atoms with Crippen LogP contribution in [0, 0.1) is 0 Å². The number of carbonyl (C=O) groups excluding carboxylic acids is 1. The maximum atomic E-state index is 13.0. The summed E-state index contributed by atoms with van der Waals surface area (Å²) < 4.78 is 33.1. The van der Waals surface area contributed by atoms with Crippen molar-refractivity contribution in [1.82, 2.24) is 9.29 Å². The highest BCUT2D eigenvalue weighted by Gasteiger charge is 2.32. The molecule has 1 atom stereocenters. The summed E-state index contributed by atoms with van der Waals surface area (Å²) in [5, 5.41) is 1.10. The number of primary amides is 1. The lowest BCUT2D eigenvalue weighted by molar-refractivity contribution is -0.00479. The molecule has 2 N–H and O–H groups in total. The molecule has 9 heteroatoms. The van der Waals surface area contributed by atoms with E-state index in [0.717, 1.165) is 0 Å². The van der Waals surface area contributed by atoms with Gasteiger partial charge in [0.1, 0.15) is 6.10 Å². The van der Waals surface area contributed by atoms with Crippen molar-refractivity contribution in [2.24, 2.45) is 5.73 Å². The zero-order chi connectivity index (χ0) is 20.6. The van der Waals surface area contributed by atoms with E-state index in [9.17, 15) is 13.2 Å². The van der Waals surface area contributed by atoms with Crippen molar-refractivity contribution in [3.63, 3.8) is 0 Å². The monoisotopic (exact) mass is 431 g/mol. The lowest BCUT2D eigenvalue weighted by Crippen LogP contribution is -2.42. The number of hydrogen-bond donors (Lipinski definition) is 1. The summed E-state index contributed by atoms with van der Waals surface area (Å²) in [6.45, 7) is 0.504. The molecule has 1 saturated heterocycles. The Labute approximate surface area is 173 Å². The number of nitrogens with two attached hydrogens (primary N) is 1. The first-order chi connectivity index (χ1) is 13.9. The molecule has 0 radical (unpaired) electrons. The Balaban J connectivity index is 1.68. The van der Waals surface area contributed by atoms with Gasteiger partial charge in [0.05, 0.1) is 28.3 Å². The van der Waals surface area contributed by atoms with E-state index >= 15 is 0 Å². The van der Waals surface area contributed by atoms with Crippen LogP contribution in [0.2, 0.25) is 5.02 Å². The molecule has 2 aromatic carbocycles. The number of pyridine rings is 1. The molecule has 1 aliphatic heterocycles. The van der Waals surface area contributed by atoms with Crippen LogP contribution in [0.4, 0.5) is 0 Å². The molecule has 0 bridgehead atoms. The van der Waals surface area contributed by atoms with E-state index in [4.69, 9.17) is 22.1 Å². The predicted molar refractivity (Wildman–Crippen MR) is 109 cm³/mol. The number of sulfonamides is 1. The number of nitrogens with zero attached hydrogens (tertiary/aromatic N) is 2. The van der Waals surface area contributed by atoms with Gasteiger partial charge in [0, 0.05) is 23.5 Å². The van der Waals surface area contributed by atoms with E-state index in [-0.39, 0.29) is 24.6 Å². The van der Waals surface area contributed by atoms with Gasteiger partial charge in [-0.25, -0.2) is 13.4 Å². The van der Waals surface area contributed by atoms with Crippen molar-refractivity contribution in [3.05, 3.63) is 70.9 Å². The van der Waals surface area contributed by atoms with E-state index < -0.39 is 22.0 Å². The highest BCUT2D eigenvalue weighted by Crippen LogP contribution is 2.28. The van der Waals surface area contributed by atoms with Crippen LogP contribution in [0.5, 0.6) is 0 Å². The van der Waals surface area contributed by atoms with Crippen molar-refractivity contribution in [1.29, 1.82) is 0 Å². The lowest BCUT2D eigenvalue weighted by Gasteiger charge is -2.32. The number of amides is 1. The van der Waals surface area contributed by atoms with Crippen LogP contribution in [0.3, 0.4) is 0 Å². The number of para-hydroxylation sites is 1. The van der Waals surface area contributed by atoms with E-state index in [1.165, 1.54) is 28.6 Å². The topological polar surface area (TPSA) is 103 Å². The number of fused-ring (bicyclic) bond motifs is 1. The third kappa shape index (κ3) is 3.84. The second kappa shape index (κ2) is 7.72. The first-order valence-corrected chi connectivity index (χ1v) is 10.7. The standard InChI is InChI=1S/C20H18ClN3O4S/c21-13-5-7-14(8-6-13)29(26,27)24-9-10-28-19(12-24)18-11-16(20(22)25)15-3-1-2-4-17(15)23-18/h1-8,11,19H,9-10,12H2,(H2,22,25)/t19-/m1/s1. The molecule has 1 fully saturated rings. The second-order valence-corrected chi connectivity index (χ2v) is 9.03. The summed E-state index contributed by atoms with van der Waals surface area (Å²) >= 11 is 5.86. The average Bonchev–Trinajstić information content (AvgIpc) is 2.73. The van der Waals surface area contributed by atoms with Crippen LogP contribution < -0.4 is 5.73 Å². The van der Waals surface area contributed by atoms with Crippen LogP contribution in [-0.4, -0.2) is 43.3 Å². The average molecular weight is 432 g/mol. The minimum Gasteiger partial charge on any atom is -0.369 e. The fraction of sp³-hybridized carbons (Fsp3) is 0.200. The van der Waals surface area contributed by atoms with Crippen LogP contribution in [0.1, 0.15) is 22.2 Å². The fourth-order valence-electron chi connectivity index (χ4n) is 3.34. The van der Waals surface area contributed by atoms with Gasteiger partial charge in [0.2, 0.25) is 15.9 Å². The molecule has 1 aliphatic rings. The molecule has 29 heavy (non-hydrogen) atoms. The smallest absolute Gasteiger partial charge is 0.249 e. The van der Waals surface area contributed by atoms with Crippen molar-refractivity contribution < 1.29 is 17.9 Å². The molecule has 2 heterocycles. The Bertz CT molecular complexity index is 1180. The number of carbonyl (C=O) groups is 1. The van der Waals surface area contributed by atoms with Gasteiger partial charge >= 0.3 is 0 Å². The van der Waals surface area contributed by atoms with Gasteiger partial charge in [-0.05, 0) is 36.4 Å². The maximum Gasteiger partial charge on any atom is 0.249 e. The SMILES string of the molecule is NC(=O)c1cc([C@H]2CN(S(=O)(=O)c3ccc(Cl)cc3)CCO2)nc2ccccc12. The highest BCUT2D eigenvalue weighted by molar-refractivity contribution is 7.89. The number of ether oxygens (including phenoxy) is 1. The molecular weight excluding hydrogens is 414 g/mol.